The van der Waals surface area contributed by atoms with Gasteiger partial charge in [0.25, 0.3) is 20.2 Å². The van der Waals surface area contributed by atoms with Crippen molar-refractivity contribution in [1.29, 1.82) is 0 Å². The van der Waals surface area contributed by atoms with Gasteiger partial charge in [-0.25, -0.2) is 0 Å². The van der Waals surface area contributed by atoms with Gasteiger partial charge in [0.05, 0.1) is 0 Å². The Morgan fingerprint density at radius 1 is 0.923 bits per heavy atom. The van der Waals surface area contributed by atoms with Crippen LogP contribution < -0.4 is 0 Å². The third kappa shape index (κ3) is 33.7. The Balaban J connectivity index is 0. The van der Waals surface area contributed by atoms with E-state index in [9.17, 15) is 16.8 Å². The van der Waals surface area contributed by atoms with E-state index in [1.807, 2.05) is 0 Å². The second kappa shape index (κ2) is 5.53. The predicted molar refractivity (Wildman–Crippen MR) is 48.5 cm³/mol. The van der Waals surface area contributed by atoms with Gasteiger partial charge in [-0.15, -0.1) is 0 Å². The van der Waals surface area contributed by atoms with Crippen molar-refractivity contribution < 1.29 is 25.9 Å². The molecule has 0 heterocycles. The van der Waals surface area contributed by atoms with Gasteiger partial charge in [-0.3, -0.25) is 9.11 Å². The van der Waals surface area contributed by atoms with Crippen molar-refractivity contribution >= 4 is 20.2 Å². The van der Waals surface area contributed by atoms with Crippen molar-refractivity contribution in [2.45, 2.75) is 20.8 Å². The molecule has 0 radical (unpaired) electrons. The van der Waals surface area contributed by atoms with Gasteiger partial charge in [-0.2, -0.15) is 16.8 Å². The van der Waals surface area contributed by atoms with E-state index in [4.69, 9.17) is 9.11 Å². The van der Waals surface area contributed by atoms with Crippen molar-refractivity contribution in [1.82, 2.24) is 0 Å². The molecule has 82 valence electrons. The van der Waals surface area contributed by atoms with Gasteiger partial charge in [-0.05, 0) is 5.92 Å². The number of rotatable bonds is 2. The molecule has 0 amide bonds. The van der Waals surface area contributed by atoms with Crippen LogP contribution in [0.1, 0.15) is 20.8 Å². The van der Waals surface area contributed by atoms with Crippen molar-refractivity contribution in [3.8, 4) is 0 Å². The van der Waals surface area contributed by atoms with Crippen molar-refractivity contribution in [3.63, 3.8) is 0 Å². The largest absolute Gasteiger partial charge is 0.285 e. The maximum atomic E-state index is 9.66. The van der Waals surface area contributed by atoms with E-state index in [0.29, 0.717) is 0 Å². The first-order valence-electron chi connectivity index (χ1n) is 3.34. The van der Waals surface area contributed by atoms with Crippen LogP contribution in [-0.4, -0.2) is 31.0 Å². The molecule has 0 aliphatic carbocycles. The Morgan fingerprint density at radius 3 is 1.08 bits per heavy atom. The molecule has 0 aliphatic rings. The second-order valence-electron chi connectivity index (χ2n) is 3.01. The minimum atomic E-state index is -4.62. The van der Waals surface area contributed by atoms with Crippen LogP contribution in [-0.2, 0) is 20.2 Å². The monoisotopic (exact) mass is 234 g/mol. The molecule has 0 saturated carbocycles. The molecule has 0 saturated heterocycles. The lowest BCUT2D eigenvalue weighted by molar-refractivity contribution is 0.471. The highest BCUT2D eigenvalue weighted by molar-refractivity contribution is 8.02. The number of hydrogen-bond acceptors (Lipinski definition) is 4. The zero-order chi connectivity index (χ0) is 11.3. The van der Waals surface area contributed by atoms with Crippen molar-refractivity contribution in [2.75, 3.05) is 5.08 Å². The molecule has 0 aliphatic heterocycles. The highest BCUT2D eigenvalue weighted by Gasteiger charge is 2.15. The van der Waals surface area contributed by atoms with Crippen molar-refractivity contribution in [2.24, 2.45) is 5.92 Å². The van der Waals surface area contributed by atoms with E-state index < -0.39 is 25.3 Å². The van der Waals surface area contributed by atoms with E-state index in [2.05, 4.69) is 20.8 Å². The Morgan fingerprint density at radius 2 is 1.08 bits per heavy atom. The van der Waals surface area contributed by atoms with Gasteiger partial charge in [0.1, 0.15) is 0 Å². The first-order valence-corrected chi connectivity index (χ1v) is 6.56. The fraction of sp³-hybridized carbons (Fsp3) is 1.00. The van der Waals surface area contributed by atoms with Gasteiger partial charge in [0.2, 0.25) is 5.08 Å². The van der Waals surface area contributed by atoms with Crippen LogP contribution >= 0.6 is 0 Å². The maximum absolute atomic E-state index is 9.66. The van der Waals surface area contributed by atoms with Crippen molar-refractivity contribution in [3.05, 3.63) is 0 Å². The molecule has 0 atom stereocenters. The Labute approximate surface area is 78.5 Å². The van der Waals surface area contributed by atoms with E-state index in [1.54, 1.807) is 0 Å². The summed E-state index contributed by atoms with van der Waals surface area (Å²) in [7, 11) is -9.24. The summed E-state index contributed by atoms with van der Waals surface area (Å²) in [5, 5.41) is -1.65. The smallest absolute Gasteiger partial charge is 0.281 e. The maximum Gasteiger partial charge on any atom is 0.281 e. The molecular weight excluding hydrogens is 220 g/mol. The minimum Gasteiger partial charge on any atom is -0.285 e. The third-order valence-electron chi connectivity index (χ3n) is 0.298. The Kier molecular flexibility index (Phi) is 6.51. The molecule has 0 fully saturated rings. The molecule has 0 aromatic carbocycles. The third-order valence-corrected chi connectivity index (χ3v) is 2.68. The molecule has 13 heavy (non-hydrogen) atoms. The minimum absolute atomic E-state index is 0.833. The summed E-state index contributed by atoms with van der Waals surface area (Å²) in [5.74, 6) is 0.833. The highest BCUT2D eigenvalue weighted by Crippen LogP contribution is 1.88. The summed E-state index contributed by atoms with van der Waals surface area (Å²) in [6.45, 7) is 6.50. The summed E-state index contributed by atoms with van der Waals surface area (Å²) >= 11 is 0. The van der Waals surface area contributed by atoms with Gasteiger partial charge < -0.3 is 0 Å². The summed E-state index contributed by atoms with van der Waals surface area (Å²) in [5.41, 5.74) is 0. The van der Waals surface area contributed by atoms with Crippen LogP contribution in [0.3, 0.4) is 0 Å². The lowest BCUT2D eigenvalue weighted by Crippen LogP contribution is -2.13. The highest BCUT2D eigenvalue weighted by atomic mass is 32.3. The Bertz CT molecular complexity index is 278. The summed E-state index contributed by atoms with van der Waals surface area (Å²) < 4.78 is 54.2. The Hall–Kier alpha value is -0.180. The van der Waals surface area contributed by atoms with Crippen LogP contribution in [0, 0.1) is 5.92 Å². The number of hydrogen-bond donors (Lipinski definition) is 2. The molecule has 0 aromatic heterocycles. The van der Waals surface area contributed by atoms with E-state index in [0.717, 1.165) is 5.92 Å². The van der Waals surface area contributed by atoms with Gasteiger partial charge in [-0.1, -0.05) is 20.8 Å². The molecule has 6 nitrogen and oxygen atoms in total. The normalized spacial score (nSPS) is 12.2. The van der Waals surface area contributed by atoms with Crippen LogP contribution in [0.5, 0.6) is 0 Å². The lowest BCUT2D eigenvalue weighted by atomic mass is 10.3. The molecule has 0 aromatic rings. The topological polar surface area (TPSA) is 109 Å². The van der Waals surface area contributed by atoms with E-state index >= 15 is 0 Å². The quantitative estimate of drug-likeness (QED) is 0.669. The molecule has 8 heteroatoms. The summed E-state index contributed by atoms with van der Waals surface area (Å²) in [4.78, 5) is 0. The molecule has 0 unspecified atom stereocenters. The molecule has 0 bridgehead atoms. The van der Waals surface area contributed by atoms with Crippen LogP contribution in [0.25, 0.3) is 0 Å². The van der Waals surface area contributed by atoms with E-state index in [1.165, 1.54) is 0 Å². The molecule has 0 spiro atoms. The second-order valence-corrected chi connectivity index (χ2v) is 6.28. The first kappa shape index (κ1) is 15.3. The zero-order valence-electron chi connectivity index (χ0n) is 7.63. The van der Waals surface area contributed by atoms with Gasteiger partial charge in [0.15, 0.2) is 0 Å². The average molecular weight is 234 g/mol. The standard InChI is InChI=1S/C4H10.CH4O6S2/c1-4(2)3;2-8(3,4)1-9(5,6)7/h4H,1-3H3;1H2,(H,2,3,4)(H,5,6,7). The average Bonchev–Trinajstić information content (AvgIpc) is 1.47. The summed E-state index contributed by atoms with van der Waals surface area (Å²) in [6.07, 6.45) is 0. The lowest BCUT2D eigenvalue weighted by Gasteiger charge is -1.89. The van der Waals surface area contributed by atoms with Crippen LogP contribution in [0.4, 0.5) is 0 Å². The molecular formula is C5H14O6S2. The first-order chi connectivity index (χ1) is 5.44. The summed E-state index contributed by atoms with van der Waals surface area (Å²) in [6, 6.07) is 0. The molecule has 2 N–H and O–H groups in total. The zero-order valence-corrected chi connectivity index (χ0v) is 9.26. The van der Waals surface area contributed by atoms with Gasteiger partial charge >= 0.3 is 0 Å². The van der Waals surface area contributed by atoms with E-state index in [-0.39, 0.29) is 0 Å². The predicted octanol–water partition coefficient (Wildman–Crippen LogP) is 0.382. The fourth-order valence-corrected chi connectivity index (χ4v) is 1.69. The molecule has 0 rings (SSSR count). The van der Waals surface area contributed by atoms with Gasteiger partial charge in [0, 0.05) is 0 Å². The SMILES string of the molecule is CC(C)C.O=S(=O)(O)CS(=O)(=O)O. The van der Waals surface area contributed by atoms with Crippen LogP contribution in [0.2, 0.25) is 0 Å². The van der Waals surface area contributed by atoms with Crippen LogP contribution in [0.15, 0.2) is 0 Å². The fourth-order valence-electron chi connectivity index (χ4n) is 0.188.